The van der Waals surface area contributed by atoms with Gasteiger partial charge in [0, 0.05) is 12.1 Å². The van der Waals surface area contributed by atoms with Crippen LogP contribution in [0, 0.1) is 5.92 Å². The van der Waals surface area contributed by atoms with Crippen LogP contribution in [0.15, 0.2) is 0 Å². The van der Waals surface area contributed by atoms with Crippen LogP contribution in [-0.2, 0) is 0 Å². The molecule has 2 rings (SSSR count). The van der Waals surface area contributed by atoms with Gasteiger partial charge in [-0.05, 0) is 51.4 Å². The highest BCUT2D eigenvalue weighted by molar-refractivity contribution is 4.99. The van der Waals surface area contributed by atoms with Crippen molar-refractivity contribution in [2.75, 3.05) is 0 Å². The molecule has 0 saturated heterocycles. The van der Waals surface area contributed by atoms with Crippen LogP contribution in [-0.4, -0.2) is 22.8 Å². The molecular formula is C12H23NO. The van der Waals surface area contributed by atoms with Gasteiger partial charge in [0.05, 0.1) is 5.60 Å². The zero-order chi connectivity index (χ0) is 10.2. The van der Waals surface area contributed by atoms with Gasteiger partial charge in [0.25, 0.3) is 0 Å². The SMILES string of the molecule is CC1CCC(N[C@H]2CC[C@]2(C)O)CC1. The minimum atomic E-state index is -0.428. The van der Waals surface area contributed by atoms with Crippen molar-refractivity contribution < 1.29 is 5.11 Å². The molecule has 0 aromatic carbocycles. The molecule has 0 aromatic heterocycles. The van der Waals surface area contributed by atoms with Crippen LogP contribution in [0.25, 0.3) is 0 Å². The normalized spacial score (nSPS) is 48.6. The molecule has 14 heavy (non-hydrogen) atoms. The maximum atomic E-state index is 9.89. The molecule has 2 aliphatic rings. The lowest BCUT2D eigenvalue weighted by molar-refractivity contribution is -0.0573. The summed E-state index contributed by atoms with van der Waals surface area (Å²) in [5, 5.41) is 13.5. The second-order valence-corrected chi connectivity index (χ2v) is 5.57. The van der Waals surface area contributed by atoms with Crippen molar-refractivity contribution in [2.45, 2.75) is 70.1 Å². The molecule has 0 radical (unpaired) electrons. The van der Waals surface area contributed by atoms with Gasteiger partial charge < -0.3 is 10.4 Å². The lowest BCUT2D eigenvalue weighted by Gasteiger charge is -2.46. The molecule has 2 fully saturated rings. The van der Waals surface area contributed by atoms with E-state index < -0.39 is 5.60 Å². The van der Waals surface area contributed by atoms with E-state index in [0.717, 1.165) is 18.8 Å². The van der Waals surface area contributed by atoms with Gasteiger partial charge >= 0.3 is 0 Å². The summed E-state index contributed by atoms with van der Waals surface area (Å²) in [6.07, 6.45) is 7.42. The Morgan fingerprint density at radius 2 is 1.79 bits per heavy atom. The summed E-state index contributed by atoms with van der Waals surface area (Å²) in [6.45, 7) is 4.30. The molecule has 82 valence electrons. The van der Waals surface area contributed by atoms with Crippen molar-refractivity contribution in [1.29, 1.82) is 0 Å². The fraction of sp³-hybridized carbons (Fsp3) is 1.00. The number of hydrogen-bond acceptors (Lipinski definition) is 2. The van der Waals surface area contributed by atoms with E-state index in [2.05, 4.69) is 12.2 Å². The lowest BCUT2D eigenvalue weighted by Crippen LogP contribution is -2.59. The van der Waals surface area contributed by atoms with Crippen LogP contribution < -0.4 is 5.32 Å². The highest BCUT2D eigenvalue weighted by Crippen LogP contribution is 2.33. The van der Waals surface area contributed by atoms with E-state index in [1.807, 2.05) is 6.92 Å². The Bertz CT molecular complexity index is 194. The van der Waals surface area contributed by atoms with Crippen molar-refractivity contribution >= 4 is 0 Å². The first-order chi connectivity index (χ1) is 6.58. The van der Waals surface area contributed by atoms with Crippen molar-refractivity contribution in [3.05, 3.63) is 0 Å². The minimum absolute atomic E-state index is 0.362. The first-order valence-corrected chi connectivity index (χ1v) is 6.06. The molecule has 2 saturated carbocycles. The van der Waals surface area contributed by atoms with Crippen molar-refractivity contribution in [3.8, 4) is 0 Å². The molecule has 2 heteroatoms. The third-order valence-corrected chi connectivity index (χ3v) is 4.14. The van der Waals surface area contributed by atoms with E-state index in [4.69, 9.17) is 0 Å². The summed E-state index contributed by atoms with van der Waals surface area (Å²) >= 11 is 0. The summed E-state index contributed by atoms with van der Waals surface area (Å²) in [4.78, 5) is 0. The highest BCUT2D eigenvalue weighted by atomic mass is 16.3. The molecule has 0 bridgehead atoms. The Kier molecular flexibility index (Phi) is 2.85. The number of aliphatic hydroxyl groups is 1. The van der Waals surface area contributed by atoms with Crippen molar-refractivity contribution in [1.82, 2.24) is 5.32 Å². The van der Waals surface area contributed by atoms with Crippen LogP contribution in [0.1, 0.15) is 52.4 Å². The molecule has 0 unspecified atom stereocenters. The Morgan fingerprint density at radius 3 is 2.21 bits per heavy atom. The zero-order valence-electron chi connectivity index (χ0n) is 9.42. The summed E-state index contributed by atoms with van der Waals surface area (Å²) in [5.74, 6) is 0.912. The van der Waals surface area contributed by atoms with Gasteiger partial charge in [-0.1, -0.05) is 6.92 Å². The Morgan fingerprint density at radius 1 is 1.14 bits per heavy atom. The van der Waals surface area contributed by atoms with Crippen LogP contribution in [0.2, 0.25) is 0 Å². The maximum Gasteiger partial charge on any atom is 0.0772 e. The van der Waals surface area contributed by atoms with E-state index in [0.29, 0.717) is 12.1 Å². The third-order valence-electron chi connectivity index (χ3n) is 4.14. The summed E-state index contributed by atoms with van der Waals surface area (Å²) in [6, 6.07) is 1.03. The predicted octanol–water partition coefficient (Wildman–Crippen LogP) is 2.07. The smallest absolute Gasteiger partial charge is 0.0772 e. The van der Waals surface area contributed by atoms with Crippen molar-refractivity contribution in [3.63, 3.8) is 0 Å². The molecule has 2 N–H and O–H groups in total. The van der Waals surface area contributed by atoms with Gasteiger partial charge in [-0.25, -0.2) is 0 Å². The summed E-state index contributed by atoms with van der Waals surface area (Å²) in [5.41, 5.74) is -0.428. The van der Waals surface area contributed by atoms with E-state index >= 15 is 0 Å². The van der Waals surface area contributed by atoms with Crippen molar-refractivity contribution in [2.24, 2.45) is 5.92 Å². The lowest BCUT2D eigenvalue weighted by atomic mass is 9.75. The number of hydrogen-bond donors (Lipinski definition) is 2. The Balaban J connectivity index is 1.76. The highest BCUT2D eigenvalue weighted by Gasteiger charge is 2.41. The van der Waals surface area contributed by atoms with Gasteiger partial charge in [-0.2, -0.15) is 0 Å². The molecule has 0 amide bonds. The Hall–Kier alpha value is -0.0800. The minimum Gasteiger partial charge on any atom is -0.389 e. The van der Waals surface area contributed by atoms with Crippen LogP contribution in [0.5, 0.6) is 0 Å². The average molecular weight is 197 g/mol. The van der Waals surface area contributed by atoms with Gasteiger partial charge in [0.2, 0.25) is 0 Å². The number of nitrogens with one attached hydrogen (secondary N) is 1. The van der Waals surface area contributed by atoms with Gasteiger partial charge in [-0.3, -0.25) is 0 Å². The molecule has 2 nitrogen and oxygen atoms in total. The molecule has 2 atom stereocenters. The van der Waals surface area contributed by atoms with E-state index in [1.54, 1.807) is 0 Å². The second kappa shape index (κ2) is 3.82. The van der Waals surface area contributed by atoms with Crippen LogP contribution >= 0.6 is 0 Å². The quantitative estimate of drug-likeness (QED) is 0.710. The molecule has 0 spiro atoms. The van der Waals surface area contributed by atoms with Crippen LogP contribution in [0.4, 0.5) is 0 Å². The number of rotatable bonds is 2. The van der Waals surface area contributed by atoms with Gasteiger partial charge in [0.1, 0.15) is 0 Å². The Labute approximate surface area is 87.1 Å². The van der Waals surface area contributed by atoms with E-state index in [1.165, 1.54) is 25.7 Å². The molecule has 2 aliphatic carbocycles. The molecule has 0 aliphatic heterocycles. The molecular weight excluding hydrogens is 174 g/mol. The summed E-state index contributed by atoms with van der Waals surface area (Å²) in [7, 11) is 0. The van der Waals surface area contributed by atoms with Gasteiger partial charge in [-0.15, -0.1) is 0 Å². The fourth-order valence-electron chi connectivity index (χ4n) is 2.68. The largest absolute Gasteiger partial charge is 0.389 e. The monoisotopic (exact) mass is 197 g/mol. The van der Waals surface area contributed by atoms with Gasteiger partial charge in [0.15, 0.2) is 0 Å². The topological polar surface area (TPSA) is 32.3 Å². The summed E-state index contributed by atoms with van der Waals surface area (Å²) < 4.78 is 0. The van der Waals surface area contributed by atoms with E-state index in [9.17, 15) is 5.11 Å². The first-order valence-electron chi connectivity index (χ1n) is 6.06. The van der Waals surface area contributed by atoms with Crippen LogP contribution in [0.3, 0.4) is 0 Å². The first kappa shape index (κ1) is 10.4. The molecule has 0 heterocycles. The second-order valence-electron chi connectivity index (χ2n) is 5.57. The maximum absolute atomic E-state index is 9.89. The van der Waals surface area contributed by atoms with E-state index in [-0.39, 0.29) is 0 Å². The fourth-order valence-corrected chi connectivity index (χ4v) is 2.68. The molecule has 0 aromatic rings. The zero-order valence-corrected chi connectivity index (χ0v) is 9.42. The third kappa shape index (κ3) is 2.12. The predicted molar refractivity (Wildman–Crippen MR) is 58.2 cm³/mol. The standard InChI is InChI=1S/C12H23NO/c1-9-3-5-10(6-4-9)13-11-7-8-12(11,2)14/h9-11,13-14H,3-8H2,1-2H3/t9?,10?,11-,12-/m0/s1. The average Bonchev–Trinajstić information content (AvgIpc) is 2.15.